The smallest absolute Gasteiger partial charge is 0.292 e. The highest BCUT2D eigenvalue weighted by molar-refractivity contribution is 14.1. The predicted octanol–water partition coefficient (Wildman–Crippen LogP) is 6.11. The first-order valence-corrected chi connectivity index (χ1v) is 11.5. The molecule has 2 aromatic heterocycles. The second kappa shape index (κ2) is 9.50. The molecule has 0 atom stereocenters. The van der Waals surface area contributed by atoms with Gasteiger partial charge in [0.15, 0.2) is 11.6 Å². The van der Waals surface area contributed by atoms with E-state index in [1.54, 1.807) is 22.9 Å². The molecular weight excluding hydrogens is 529 g/mol. The maximum absolute atomic E-state index is 12.6. The topological polar surface area (TPSA) is 69.3 Å². The Hall–Kier alpha value is -3.59. The van der Waals surface area contributed by atoms with Crippen molar-refractivity contribution in [3.05, 3.63) is 112 Å². The van der Waals surface area contributed by atoms with Crippen LogP contribution in [0.15, 0.2) is 95.5 Å². The summed E-state index contributed by atoms with van der Waals surface area (Å²) in [5.41, 5.74) is 1.16. The number of hydrogen-bond donors (Lipinski definition) is 1. The Labute approximate surface area is 204 Å². The number of carbonyl (C=O) groups is 1. The van der Waals surface area contributed by atoms with Crippen LogP contribution in [-0.2, 0) is 13.2 Å². The molecule has 0 spiro atoms. The Morgan fingerprint density at radius 3 is 2.67 bits per heavy atom. The highest BCUT2D eigenvalue weighted by atomic mass is 127. The second-order valence-electron chi connectivity index (χ2n) is 7.50. The van der Waals surface area contributed by atoms with Crippen molar-refractivity contribution in [3.8, 4) is 5.75 Å². The van der Waals surface area contributed by atoms with E-state index in [0.717, 1.165) is 14.9 Å². The summed E-state index contributed by atoms with van der Waals surface area (Å²) < 4.78 is 14.3. The molecule has 0 saturated heterocycles. The van der Waals surface area contributed by atoms with Crippen LogP contribution in [0.2, 0.25) is 0 Å². The lowest BCUT2D eigenvalue weighted by Crippen LogP contribution is -2.12. The molecule has 164 valence electrons. The lowest BCUT2D eigenvalue weighted by molar-refractivity contribution is 0.0992. The van der Waals surface area contributed by atoms with Gasteiger partial charge in [-0.3, -0.25) is 9.48 Å². The van der Waals surface area contributed by atoms with Crippen LogP contribution in [0.25, 0.3) is 10.8 Å². The number of fused-ring (bicyclic) bond motifs is 1. The highest BCUT2D eigenvalue weighted by Gasteiger charge is 2.13. The standard InChI is InChI=1S/C26H20IN3O3/c27-20-8-10-21(11-9-20)32-17-22-12-13-24(33-22)26(31)28-25-14-15-30(29-25)16-19-6-3-5-18-4-1-2-7-23(18)19/h1-15H,16-17H2,(H,28,29,31). The number of nitrogens with zero attached hydrogens (tertiary/aromatic N) is 2. The third kappa shape index (κ3) is 5.09. The highest BCUT2D eigenvalue weighted by Crippen LogP contribution is 2.20. The molecule has 6 nitrogen and oxygen atoms in total. The number of benzene rings is 3. The molecule has 2 heterocycles. The van der Waals surface area contributed by atoms with Gasteiger partial charge in [0.2, 0.25) is 0 Å². The SMILES string of the molecule is O=C(Nc1ccn(Cc2cccc3ccccc23)n1)c1ccc(COc2ccc(I)cc2)o1. The monoisotopic (exact) mass is 549 g/mol. The number of anilines is 1. The summed E-state index contributed by atoms with van der Waals surface area (Å²) in [6, 6.07) is 27.4. The van der Waals surface area contributed by atoms with Crippen LogP contribution in [0.1, 0.15) is 21.9 Å². The summed E-state index contributed by atoms with van der Waals surface area (Å²) in [7, 11) is 0. The average molecular weight is 549 g/mol. The fourth-order valence-electron chi connectivity index (χ4n) is 3.56. The van der Waals surface area contributed by atoms with Gasteiger partial charge < -0.3 is 14.5 Å². The predicted molar refractivity (Wildman–Crippen MR) is 135 cm³/mol. The Morgan fingerprint density at radius 1 is 0.970 bits per heavy atom. The maximum atomic E-state index is 12.6. The second-order valence-corrected chi connectivity index (χ2v) is 8.75. The minimum absolute atomic E-state index is 0.208. The number of ether oxygens (including phenoxy) is 1. The van der Waals surface area contributed by atoms with Crippen LogP contribution in [0.5, 0.6) is 5.75 Å². The molecule has 0 saturated carbocycles. The number of furan rings is 1. The number of amides is 1. The van der Waals surface area contributed by atoms with Crippen LogP contribution in [0, 0.1) is 3.57 Å². The molecule has 5 rings (SSSR count). The van der Waals surface area contributed by atoms with E-state index < -0.39 is 0 Å². The number of hydrogen-bond acceptors (Lipinski definition) is 4. The van der Waals surface area contributed by atoms with Gasteiger partial charge in [-0.05, 0) is 75.3 Å². The zero-order valence-electron chi connectivity index (χ0n) is 17.6. The van der Waals surface area contributed by atoms with Gasteiger partial charge in [0.05, 0.1) is 6.54 Å². The van der Waals surface area contributed by atoms with Crippen molar-refractivity contribution >= 4 is 45.1 Å². The van der Waals surface area contributed by atoms with E-state index in [1.807, 2.05) is 48.7 Å². The average Bonchev–Trinajstić information content (AvgIpc) is 3.49. The first-order chi connectivity index (χ1) is 16.1. The van der Waals surface area contributed by atoms with Crippen molar-refractivity contribution in [1.82, 2.24) is 9.78 Å². The van der Waals surface area contributed by atoms with Crippen LogP contribution >= 0.6 is 22.6 Å². The lowest BCUT2D eigenvalue weighted by atomic mass is 10.0. The van der Waals surface area contributed by atoms with E-state index in [1.165, 1.54) is 10.8 Å². The zero-order valence-corrected chi connectivity index (χ0v) is 19.7. The first kappa shape index (κ1) is 21.3. The molecule has 0 unspecified atom stereocenters. The molecule has 0 radical (unpaired) electrons. The third-order valence-electron chi connectivity index (χ3n) is 5.17. The Morgan fingerprint density at radius 2 is 1.79 bits per heavy atom. The summed E-state index contributed by atoms with van der Waals surface area (Å²) in [6.07, 6.45) is 1.85. The summed E-state index contributed by atoms with van der Waals surface area (Å²) in [4.78, 5) is 12.6. The van der Waals surface area contributed by atoms with Crippen molar-refractivity contribution in [2.45, 2.75) is 13.2 Å². The molecule has 0 aliphatic rings. The van der Waals surface area contributed by atoms with Gasteiger partial charge in [0, 0.05) is 15.8 Å². The molecule has 7 heteroatoms. The van der Waals surface area contributed by atoms with Crippen LogP contribution < -0.4 is 10.1 Å². The van der Waals surface area contributed by atoms with Crippen LogP contribution in [0.4, 0.5) is 5.82 Å². The molecule has 0 fully saturated rings. The molecule has 33 heavy (non-hydrogen) atoms. The number of carbonyl (C=O) groups excluding carboxylic acids is 1. The summed E-state index contributed by atoms with van der Waals surface area (Å²) in [5.74, 6) is 1.63. The molecule has 0 aliphatic heterocycles. The van der Waals surface area contributed by atoms with Crippen molar-refractivity contribution in [1.29, 1.82) is 0 Å². The van der Waals surface area contributed by atoms with E-state index in [4.69, 9.17) is 9.15 Å². The Bertz CT molecular complexity index is 1400. The van der Waals surface area contributed by atoms with Gasteiger partial charge in [-0.25, -0.2) is 0 Å². The molecule has 5 aromatic rings. The van der Waals surface area contributed by atoms with Crippen LogP contribution in [-0.4, -0.2) is 15.7 Å². The van der Waals surface area contributed by atoms with Gasteiger partial charge in [-0.15, -0.1) is 0 Å². The molecule has 0 bridgehead atoms. The number of nitrogens with one attached hydrogen (secondary N) is 1. The first-order valence-electron chi connectivity index (χ1n) is 10.4. The minimum atomic E-state index is -0.356. The molecule has 1 N–H and O–H groups in total. The fourth-order valence-corrected chi connectivity index (χ4v) is 3.92. The third-order valence-corrected chi connectivity index (χ3v) is 5.89. The summed E-state index contributed by atoms with van der Waals surface area (Å²) >= 11 is 2.24. The van der Waals surface area contributed by atoms with E-state index in [2.05, 4.69) is 57.3 Å². The van der Waals surface area contributed by atoms with Gasteiger partial charge in [0.25, 0.3) is 5.91 Å². The molecule has 0 aliphatic carbocycles. The van der Waals surface area contributed by atoms with Gasteiger partial charge in [-0.1, -0.05) is 42.5 Å². The summed E-state index contributed by atoms with van der Waals surface area (Å²) in [6.45, 7) is 0.853. The lowest BCUT2D eigenvalue weighted by Gasteiger charge is -2.07. The van der Waals surface area contributed by atoms with Gasteiger partial charge in [0.1, 0.15) is 18.1 Å². The summed E-state index contributed by atoms with van der Waals surface area (Å²) in [5, 5.41) is 9.66. The van der Waals surface area contributed by atoms with E-state index in [9.17, 15) is 4.79 Å². The van der Waals surface area contributed by atoms with E-state index in [0.29, 0.717) is 18.1 Å². The number of rotatable bonds is 7. The van der Waals surface area contributed by atoms with Crippen molar-refractivity contribution < 1.29 is 13.9 Å². The minimum Gasteiger partial charge on any atom is -0.486 e. The van der Waals surface area contributed by atoms with Crippen molar-refractivity contribution in [3.63, 3.8) is 0 Å². The largest absolute Gasteiger partial charge is 0.486 e. The maximum Gasteiger partial charge on any atom is 0.292 e. The van der Waals surface area contributed by atoms with Gasteiger partial charge in [-0.2, -0.15) is 5.10 Å². The fraction of sp³-hybridized carbons (Fsp3) is 0.0769. The van der Waals surface area contributed by atoms with E-state index in [-0.39, 0.29) is 18.3 Å². The van der Waals surface area contributed by atoms with Crippen molar-refractivity contribution in [2.75, 3.05) is 5.32 Å². The number of halogens is 1. The molecular formula is C26H20IN3O3. The normalized spacial score (nSPS) is 10.9. The van der Waals surface area contributed by atoms with Crippen LogP contribution in [0.3, 0.4) is 0 Å². The number of aromatic nitrogens is 2. The molecule has 1 amide bonds. The quantitative estimate of drug-likeness (QED) is 0.249. The molecule has 3 aromatic carbocycles. The Balaban J connectivity index is 1.21. The van der Waals surface area contributed by atoms with E-state index >= 15 is 0 Å². The van der Waals surface area contributed by atoms with Gasteiger partial charge >= 0.3 is 0 Å². The Kier molecular flexibility index (Phi) is 6.12. The zero-order chi connectivity index (χ0) is 22.6. The van der Waals surface area contributed by atoms with Crippen molar-refractivity contribution in [2.24, 2.45) is 0 Å².